The molecule has 2 aliphatic carbocycles. The number of hydrogen-bond donors (Lipinski definition) is 2. The number of carbonyl (C=O) groups is 1. The Labute approximate surface area is 118 Å². The van der Waals surface area contributed by atoms with Gasteiger partial charge in [-0.1, -0.05) is 27.7 Å². The van der Waals surface area contributed by atoms with Gasteiger partial charge in [-0.3, -0.25) is 4.79 Å². The number of ether oxygens (including phenoxy) is 2. The van der Waals surface area contributed by atoms with Gasteiger partial charge in [-0.05, 0) is 23.7 Å². The fraction of sp³-hybridized carbons (Fsp3) is 0.933. The first kappa shape index (κ1) is 13.0. The molecule has 20 heavy (non-hydrogen) atoms. The van der Waals surface area contributed by atoms with Crippen LogP contribution in [0.15, 0.2) is 0 Å². The van der Waals surface area contributed by atoms with Crippen molar-refractivity contribution >= 4 is 5.97 Å². The zero-order chi connectivity index (χ0) is 14.7. The maximum atomic E-state index is 12.5. The van der Waals surface area contributed by atoms with Gasteiger partial charge in [0.15, 0.2) is 0 Å². The quantitative estimate of drug-likeness (QED) is 0.639. The van der Waals surface area contributed by atoms with Crippen LogP contribution < -0.4 is 0 Å². The monoisotopic (exact) mass is 282 g/mol. The predicted octanol–water partition coefficient (Wildman–Crippen LogP) is 0.678. The number of aliphatic hydroxyl groups excluding tert-OH is 2. The van der Waals surface area contributed by atoms with Crippen molar-refractivity contribution in [3.8, 4) is 0 Å². The normalized spacial score (nSPS) is 67.2. The molecule has 9 unspecified atom stereocenters. The molecule has 2 aliphatic heterocycles. The minimum Gasteiger partial charge on any atom is -0.432 e. The molecule has 0 aromatic carbocycles. The lowest BCUT2D eigenvalue weighted by molar-refractivity contribution is -0.163. The van der Waals surface area contributed by atoms with Gasteiger partial charge in [0, 0.05) is 5.41 Å². The van der Waals surface area contributed by atoms with Gasteiger partial charge in [-0.15, -0.1) is 0 Å². The maximum absolute atomic E-state index is 12.5. The summed E-state index contributed by atoms with van der Waals surface area (Å²) in [5, 5.41) is 20.3. The molecule has 2 bridgehead atoms. The van der Waals surface area contributed by atoms with Crippen molar-refractivity contribution in [1.29, 1.82) is 0 Å². The van der Waals surface area contributed by atoms with Crippen molar-refractivity contribution in [2.75, 3.05) is 0 Å². The molecule has 5 nitrogen and oxygen atoms in total. The zero-order valence-corrected chi connectivity index (χ0v) is 12.3. The average molecular weight is 282 g/mol. The van der Waals surface area contributed by atoms with Crippen LogP contribution in [-0.4, -0.2) is 40.8 Å². The number of hydrogen-bond acceptors (Lipinski definition) is 5. The van der Waals surface area contributed by atoms with E-state index in [1.165, 1.54) is 0 Å². The molecule has 2 saturated heterocycles. The molecule has 0 radical (unpaired) electrons. The summed E-state index contributed by atoms with van der Waals surface area (Å²) in [4.78, 5) is 12.5. The summed E-state index contributed by atoms with van der Waals surface area (Å²) in [6, 6.07) is 0. The van der Waals surface area contributed by atoms with Crippen LogP contribution in [0.4, 0.5) is 0 Å². The highest BCUT2D eigenvalue weighted by atomic mass is 16.7. The lowest BCUT2D eigenvalue weighted by Crippen LogP contribution is -2.51. The third kappa shape index (κ3) is 0.911. The SMILES string of the molecule is CC1C2(C(=O)OC(O)C2O)C2OC3CC1(C)C2(C)C3C. The van der Waals surface area contributed by atoms with Crippen LogP contribution in [0.25, 0.3) is 0 Å². The van der Waals surface area contributed by atoms with Crippen molar-refractivity contribution in [3.05, 3.63) is 0 Å². The highest BCUT2D eigenvalue weighted by Crippen LogP contribution is 2.79. The molecule has 0 aromatic heterocycles. The van der Waals surface area contributed by atoms with Crippen LogP contribution in [0.3, 0.4) is 0 Å². The average Bonchev–Trinajstić information content (AvgIpc) is 2.85. The van der Waals surface area contributed by atoms with E-state index in [9.17, 15) is 15.0 Å². The van der Waals surface area contributed by atoms with Gasteiger partial charge in [0.25, 0.3) is 0 Å². The topological polar surface area (TPSA) is 76.0 Å². The van der Waals surface area contributed by atoms with Crippen LogP contribution in [0.2, 0.25) is 0 Å². The summed E-state index contributed by atoms with van der Waals surface area (Å²) in [6.45, 7) is 8.55. The van der Waals surface area contributed by atoms with Crippen LogP contribution in [0.1, 0.15) is 34.1 Å². The Kier molecular flexibility index (Phi) is 2.11. The first-order chi connectivity index (χ1) is 9.22. The van der Waals surface area contributed by atoms with Crippen LogP contribution in [0.5, 0.6) is 0 Å². The predicted molar refractivity (Wildman–Crippen MR) is 68.4 cm³/mol. The fourth-order valence-electron chi connectivity index (χ4n) is 6.08. The van der Waals surface area contributed by atoms with E-state index in [0.717, 1.165) is 6.42 Å². The first-order valence-electron chi connectivity index (χ1n) is 7.45. The number of carbonyl (C=O) groups excluding carboxylic acids is 1. The van der Waals surface area contributed by atoms with Crippen molar-refractivity contribution < 1.29 is 24.5 Å². The lowest BCUT2D eigenvalue weighted by atomic mass is 9.64. The molecule has 4 fully saturated rings. The summed E-state index contributed by atoms with van der Waals surface area (Å²) < 4.78 is 11.1. The van der Waals surface area contributed by atoms with Gasteiger partial charge in [0.1, 0.15) is 11.5 Å². The number of aliphatic hydroxyl groups is 2. The highest BCUT2D eigenvalue weighted by molar-refractivity contribution is 5.83. The molecule has 9 atom stereocenters. The van der Waals surface area contributed by atoms with E-state index in [4.69, 9.17) is 9.47 Å². The Morgan fingerprint density at radius 3 is 2.35 bits per heavy atom. The van der Waals surface area contributed by atoms with E-state index in [1.807, 2.05) is 6.92 Å². The van der Waals surface area contributed by atoms with Crippen molar-refractivity contribution in [2.45, 2.75) is 58.7 Å². The molecule has 4 rings (SSSR count). The summed E-state index contributed by atoms with van der Waals surface area (Å²) in [7, 11) is 0. The largest absolute Gasteiger partial charge is 0.432 e. The van der Waals surface area contributed by atoms with E-state index in [1.54, 1.807) is 0 Å². The minimum atomic E-state index is -1.44. The molecule has 2 N–H and O–H groups in total. The fourth-order valence-corrected chi connectivity index (χ4v) is 6.08. The smallest absolute Gasteiger partial charge is 0.320 e. The summed E-state index contributed by atoms with van der Waals surface area (Å²) in [5.74, 6) is -0.239. The van der Waals surface area contributed by atoms with Gasteiger partial charge in [0.2, 0.25) is 6.29 Å². The number of rotatable bonds is 0. The Bertz CT molecular complexity index is 506. The third-order valence-corrected chi connectivity index (χ3v) is 7.66. The molecular formula is C15H22O5. The minimum absolute atomic E-state index is 0.0793. The van der Waals surface area contributed by atoms with Gasteiger partial charge in [-0.2, -0.15) is 0 Å². The third-order valence-electron chi connectivity index (χ3n) is 7.66. The van der Waals surface area contributed by atoms with Gasteiger partial charge >= 0.3 is 5.97 Å². The zero-order valence-electron chi connectivity index (χ0n) is 12.3. The Balaban J connectivity index is 1.96. The van der Waals surface area contributed by atoms with Crippen molar-refractivity contribution in [1.82, 2.24) is 0 Å². The number of fused-ring (bicyclic) bond motifs is 2. The maximum Gasteiger partial charge on any atom is 0.320 e. The number of esters is 1. The van der Waals surface area contributed by atoms with E-state index in [2.05, 4.69) is 20.8 Å². The lowest BCUT2D eigenvalue weighted by Gasteiger charge is -2.41. The summed E-state index contributed by atoms with van der Waals surface area (Å²) >= 11 is 0. The van der Waals surface area contributed by atoms with E-state index in [0.29, 0.717) is 5.92 Å². The van der Waals surface area contributed by atoms with Crippen LogP contribution in [-0.2, 0) is 14.3 Å². The van der Waals surface area contributed by atoms with E-state index >= 15 is 0 Å². The second kappa shape index (κ2) is 3.23. The molecule has 0 amide bonds. The molecule has 112 valence electrons. The Morgan fingerprint density at radius 1 is 1.25 bits per heavy atom. The van der Waals surface area contributed by atoms with Gasteiger partial charge in [0.05, 0.1) is 12.2 Å². The molecule has 0 aromatic rings. The molecule has 4 aliphatic rings. The van der Waals surface area contributed by atoms with Crippen molar-refractivity contribution in [2.24, 2.45) is 28.1 Å². The van der Waals surface area contributed by atoms with Crippen LogP contribution in [0, 0.1) is 28.1 Å². The standard InChI is InChI=1S/C15H22O5/c1-6-8-5-13(3)7(2)15(11(19-8)14(6,13)4)9(16)10(17)20-12(15)18/h6-11,16-17H,5H2,1-4H3. The second-order valence-electron chi connectivity index (χ2n) is 7.64. The number of cyclic esters (lactones) is 1. The molecule has 5 heteroatoms. The van der Waals surface area contributed by atoms with E-state index in [-0.39, 0.29) is 29.0 Å². The Hall–Kier alpha value is -0.650. The van der Waals surface area contributed by atoms with Crippen molar-refractivity contribution in [3.63, 3.8) is 0 Å². The first-order valence-corrected chi connectivity index (χ1v) is 7.45. The summed E-state index contributed by atoms with van der Waals surface area (Å²) in [5.41, 5.74) is -1.37. The highest BCUT2D eigenvalue weighted by Gasteiger charge is 2.85. The van der Waals surface area contributed by atoms with Gasteiger partial charge < -0.3 is 19.7 Å². The molecular weight excluding hydrogens is 260 g/mol. The Morgan fingerprint density at radius 2 is 1.90 bits per heavy atom. The van der Waals surface area contributed by atoms with Gasteiger partial charge in [-0.25, -0.2) is 0 Å². The molecule has 1 spiro atoms. The van der Waals surface area contributed by atoms with E-state index < -0.39 is 23.8 Å². The molecule has 2 heterocycles. The second-order valence-corrected chi connectivity index (χ2v) is 7.64. The van der Waals surface area contributed by atoms with Crippen LogP contribution >= 0.6 is 0 Å². The molecule has 2 saturated carbocycles. The summed E-state index contributed by atoms with van der Waals surface area (Å²) in [6.07, 6.45) is -1.98.